The summed E-state index contributed by atoms with van der Waals surface area (Å²) >= 11 is 0. The van der Waals surface area contributed by atoms with Crippen molar-refractivity contribution in [3.05, 3.63) is 46.6 Å². The SMILES string of the molecule is CC(NC(=O)OC(C)(C)C)C(=O)Oc1cc(O)c2c(=O)c3ccccc3oc2c1. The minimum absolute atomic E-state index is 0.0107. The van der Waals surface area contributed by atoms with Gasteiger partial charge in [-0.3, -0.25) is 4.79 Å². The average Bonchev–Trinajstić information content (AvgIpc) is 2.59. The second-order valence-corrected chi connectivity index (χ2v) is 7.53. The monoisotopic (exact) mass is 399 g/mol. The van der Waals surface area contributed by atoms with Crippen molar-refractivity contribution in [2.75, 3.05) is 0 Å². The smallest absolute Gasteiger partial charge is 0.408 e. The first-order valence-electron chi connectivity index (χ1n) is 8.95. The van der Waals surface area contributed by atoms with Gasteiger partial charge in [-0.1, -0.05) is 12.1 Å². The Morgan fingerprint density at radius 3 is 2.52 bits per heavy atom. The van der Waals surface area contributed by atoms with E-state index in [1.54, 1.807) is 45.0 Å². The van der Waals surface area contributed by atoms with Crippen LogP contribution in [0.3, 0.4) is 0 Å². The molecule has 152 valence electrons. The lowest BCUT2D eigenvalue weighted by molar-refractivity contribution is -0.136. The summed E-state index contributed by atoms with van der Waals surface area (Å²) in [6.45, 7) is 6.53. The lowest BCUT2D eigenvalue weighted by atomic mass is 10.1. The number of amides is 1. The van der Waals surface area contributed by atoms with Crippen LogP contribution in [0.4, 0.5) is 4.79 Å². The average molecular weight is 399 g/mol. The summed E-state index contributed by atoms with van der Waals surface area (Å²) < 4.78 is 16.0. The Morgan fingerprint density at radius 2 is 1.83 bits per heavy atom. The van der Waals surface area contributed by atoms with Crippen LogP contribution in [0.5, 0.6) is 11.5 Å². The number of esters is 1. The zero-order chi connectivity index (χ0) is 21.3. The van der Waals surface area contributed by atoms with E-state index >= 15 is 0 Å². The quantitative estimate of drug-likeness (QED) is 0.394. The van der Waals surface area contributed by atoms with Crippen molar-refractivity contribution < 1.29 is 28.6 Å². The Hall–Kier alpha value is -3.55. The van der Waals surface area contributed by atoms with Crippen molar-refractivity contribution in [2.45, 2.75) is 39.3 Å². The van der Waals surface area contributed by atoms with Crippen LogP contribution >= 0.6 is 0 Å². The minimum Gasteiger partial charge on any atom is -0.507 e. The minimum atomic E-state index is -1.01. The molecule has 29 heavy (non-hydrogen) atoms. The molecule has 1 unspecified atom stereocenters. The first-order valence-corrected chi connectivity index (χ1v) is 8.95. The number of aromatic hydroxyl groups is 1. The van der Waals surface area contributed by atoms with Gasteiger partial charge in [-0.25, -0.2) is 9.59 Å². The third-order valence-electron chi connectivity index (χ3n) is 3.94. The number of carbonyl (C=O) groups excluding carboxylic acids is 2. The Labute approximate surface area is 166 Å². The maximum Gasteiger partial charge on any atom is 0.408 e. The lowest BCUT2D eigenvalue weighted by Crippen LogP contribution is -2.43. The second-order valence-electron chi connectivity index (χ2n) is 7.53. The molecule has 0 aliphatic carbocycles. The van der Waals surface area contributed by atoms with E-state index in [0.29, 0.717) is 11.0 Å². The van der Waals surface area contributed by atoms with Gasteiger partial charge >= 0.3 is 12.1 Å². The van der Waals surface area contributed by atoms with Gasteiger partial charge in [0.1, 0.15) is 39.7 Å². The highest BCUT2D eigenvalue weighted by Crippen LogP contribution is 2.30. The molecule has 0 radical (unpaired) electrons. The van der Waals surface area contributed by atoms with Gasteiger partial charge < -0.3 is 24.3 Å². The molecule has 0 aliphatic heterocycles. The van der Waals surface area contributed by atoms with Crippen LogP contribution in [0.2, 0.25) is 0 Å². The number of ether oxygens (including phenoxy) is 2. The fourth-order valence-electron chi connectivity index (χ4n) is 2.69. The van der Waals surface area contributed by atoms with Crippen LogP contribution in [0, 0.1) is 0 Å². The molecule has 0 aliphatic rings. The number of fused-ring (bicyclic) bond motifs is 2. The molecule has 8 nitrogen and oxygen atoms in total. The summed E-state index contributed by atoms with van der Waals surface area (Å²) in [6, 6.07) is 8.10. The maximum absolute atomic E-state index is 12.6. The molecule has 1 atom stereocenters. The molecule has 0 saturated carbocycles. The van der Waals surface area contributed by atoms with Gasteiger partial charge in [0.05, 0.1) is 5.39 Å². The van der Waals surface area contributed by atoms with Crippen LogP contribution in [-0.2, 0) is 9.53 Å². The number of carbonyl (C=O) groups is 2. The second kappa shape index (κ2) is 7.46. The number of para-hydroxylation sites is 1. The van der Waals surface area contributed by atoms with Crippen molar-refractivity contribution in [3.8, 4) is 11.5 Å². The third-order valence-corrected chi connectivity index (χ3v) is 3.94. The Morgan fingerprint density at radius 1 is 1.14 bits per heavy atom. The van der Waals surface area contributed by atoms with Crippen LogP contribution in [0.25, 0.3) is 21.9 Å². The number of hydrogen-bond acceptors (Lipinski definition) is 7. The van der Waals surface area contributed by atoms with Crippen molar-refractivity contribution in [2.24, 2.45) is 0 Å². The Bertz CT molecular complexity index is 1160. The summed E-state index contributed by atoms with van der Waals surface area (Å²) in [6.07, 6.45) is -0.763. The van der Waals surface area contributed by atoms with E-state index in [2.05, 4.69) is 5.32 Å². The van der Waals surface area contributed by atoms with Crippen LogP contribution in [0.15, 0.2) is 45.6 Å². The predicted octanol–water partition coefficient (Wildman–Crippen LogP) is 3.47. The summed E-state index contributed by atoms with van der Waals surface area (Å²) in [5.74, 6) is -1.19. The van der Waals surface area contributed by atoms with E-state index in [-0.39, 0.29) is 22.5 Å². The number of alkyl carbamates (subject to hydrolysis) is 1. The zero-order valence-electron chi connectivity index (χ0n) is 16.4. The Kier molecular flexibility index (Phi) is 5.19. The number of hydrogen-bond donors (Lipinski definition) is 2. The molecule has 0 saturated heterocycles. The van der Waals surface area contributed by atoms with E-state index in [9.17, 15) is 19.5 Å². The van der Waals surface area contributed by atoms with Crippen molar-refractivity contribution in [1.29, 1.82) is 0 Å². The summed E-state index contributed by atoms with van der Waals surface area (Å²) in [7, 11) is 0. The van der Waals surface area contributed by atoms with Crippen LogP contribution < -0.4 is 15.5 Å². The standard InChI is InChI=1S/C21H21NO7/c1-11(22-20(26)29-21(2,3)4)19(25)27-12-9-14(23)17-16(10-12)28-15-8-6-5-7-13(15)18(17)24/h5-11,23H,1-4H3,(H,22,26). The van der Waals surface area contributed by atoms with Gasteiger partial charge in [0.2, 0.25) is 5.43 Å². The number of phenolic OH excluding ortho intramolecular Hbond substituents is 1. The van der Waals surface area contributed by atoms with E-state index in [1.165, 1.54) is 13.0 Å². The molecule has 1 aromatic heterocycles. The highest BCUT2D eigenvalue weighted by molar-refractivity contribution is 5.94. The zero-order valence-corrected chi connectivity index (χ0v) is 16.4. The van der Waals surface area contributed by atoms with Gasteiger partial charge in [0.15, 0.2) is 0 Å². The molecule has 3 rings (SSSR count). The molecule has 0 fully saturated rings. The van der Waals surface area contributed by atoms with E-state index in [1.807, 2.05) is 0 Å². The molecule has 0 bridgehead atoms. The van der Waals surface area contributed by atoms with Gasteiger partial charge in [-0.15, -0.1) is 0 Å². The number of phenols is 1. The van der Waals surface area contributed by atoms with Gasteiger partial charge in [-0.2, -0.15) is 0 Å². The fraction of sp³-hybridized carbons (Fsp3) is 0.286. The van der Waals surface area contributed by atoms with Gasteiger partial charge in [0.25, 0.3) is 0 Å². The van der Waals surface area contributed by atoms with E-state index < -0.39 is 29.1 Å². The van der Waals surface area contributed by atoms with E-state index in [4.69, 9.17) is 13.9 Å². The van der Waals surface area contributed by atoms with Crippen molar-refractivity contribution in [1.82, 2.24) is 5.32 Å². The topological polar surface area (TPSA) is 115 Å². The predicted molar refractivity (Wildman–Crippen MR) is 106 cm³/mol. The summed E-state index contributed by atoms with van der Waals surface area (Å²) in [5.41, 5.74) is -0.688. The molecular weight excluding hydrogens is 378 g/mol. The first-order chi connectivity index (χ1) is 13.5. The number of rotatable bonds is 3. The maximum atomic E-state index is 12.6. The van der Waals surface area contributed by atoms with Gasteiger partial charge in [0, 0.05) is 12.1 Å². The third kappa shape index (κ3) is 4.48. The molecule has 1 amide bonds. The molecule has 8 heteroatoms. The molecule has 2 aromatic carbocycles. The van der Waals surface area contributed by atoms with Crippen LogP contribution in [0.1, 0.15) is 27.7 Å². The lowest BCUT2D eigenvalue weighted by Gasteiger charge is -2.21. The van der Waals surface area contributed by atoms with Gasteiger partial charge in [-0.05, 0) is 39.8 Å². The van der Waals surface area contributed by atoms with Crippen LogP contribution in [-0.4, -0.2) is 28.8 Å². The Balaban J connectivity index is 1.85. The highest BCUT2D eigenvalue weighted by atomic mass is 16.6. The summed E-state index contributed by atoms with van der Waals surface area (Å²) in [4.78, 5) is 36.7. The molecular formula is C21H21NO7. The fourth-order valence-corrected chi connectivity index (χ4v) is 2.69. The van der Waals surface area contributed by atoms with Crippen molar-refractivity contribution >= 4 is 34.0 Å². The molecule has 0 spiro atoms. The first kappa shape index (κ1) is 20.2. The molecule has 2 N–H and O–H groups in total. The normalized spacial score (nSPS) is 12.6. The molecule has 3 aromatic rings. The van der Waals surface area contributed by atoms with E-state index in [0.717, 1.165) is 6.07 Å². The number of benzene rings is 2. The van der Waals surface area contributed by atoms with Crippen molar-refractivity contribution in [3.63, 3.8) is 0 Å². The number of nitrogens with one attached hydrogen (secondary N) is 1. The highest BCUT2D eigenvalue weighted by Gasteiger charge is 2.23. The largest absolute Gasteiger partial charge is 0.507 e. The molecule has 1 heterocycles. The summed E-state index contributed by atoms with van der Waals surface area (Å²) in [5, 5.41) is 13.0.